The zero-order valence-electron chi connectivity index (χ0n) is 18.1. The summed E-state index contributed by atoms with van der Waals surface area (Å²) >= 11 is 0. The van der Waals surface area contributed by atoms with Crippen molar-refractivity contribution in [1.29, 1.82) is 0 Å². The Labute approximate surface area is 169 Å². The molecule has 0 N–H and O–H groups in total. The van der Waals surface area contributed by atoms with Crippen LogP contribution in [0.1, 0.15) is 105 Å². The van der Waals surface area contributed by atoms with Gasteiger partial charge >= 0.3 is 17.9 Å². The van der Waals surface area contributed by atoms with Gasteiger partial charge in [-0.3, -0.25) is 14.4 Å². The third-order valence-corrected chi connectivity index (χ3v) is 5.41. The molecule has 28 heavy (non-hydrogen) atoms. The van der Waals surface area contributed by atoms with E-state index >= 15 is 0 Å². The fraction of sp³-hybridized carbons (Fsp3) is 0.864. The summed E-state index contributed by atoms with van der Waals surface area (Å²) in [7, 11) is 0. The number of ether oxygens (including phenoxy) is 3. The predicted octanol–water partition coefficient (Wildman–Crippen LogP) is 4.87. The highest BCUT2D eigenvalue weighted by Gasteiger charge is 2.49. The highest BCUT2D eigenvalue weighted by molar-refractivity contribution is 5.71. The first-order valence-electron chi connectivity index (χ1n) is 11.0. The van der Waals surface area contributed by atoms with Crippen molar-refractivity contribution in [2.24, 2.45) is 0 Å². The maximum Gasteiger partial charge on any atom is 0.306 e. The first-order valence-corrected chi connectivity index (χ1v) is 11.0. The van der Waals surface area contributed by atoms with E-state index < -0.39 is 11.7 Å². The Hall–Kier alpha value is -1.59. The van der Waals surface area contributed by atoms with Crippen LogP contribution < -0.4 is 0 Å². The number of esters is 3. The molecule has 1 aliphatic rings. The lowest BCUT2D eigenvalue weighted by atomic mass is 9.77. The molecule has 0 aromatic rings. The van der Waals surface area contributed by atoms with Gasteiger partial charge in [0.1, 0.15) is 17.8 Å². The van der Waals surface area contributed by atoms with Crippen LogP contribution in [0.25, 0.3) is 0 Å². The molecule has 0 amide bonds. The van der Waals surface area contributed by atoms with Gasteiger partial charge < -0.3 is 14.2 Å². The summed E-state index contributed by atoms with van der Waals surface area (Å²) in [6, 6.07) is 0. The second kappa shape index (κ2) is 12.8. The Morgan fingerprint density at radius 3 is 2.04 bits per heavy atom. The summed E-state index contributed by atoms with van der Waals surface area (Å²) in [6.07, 6.45) is 7.61. The third-order valence-electron chi connectivity index (χ3n) is 5.41. The van der Waals surface area contributed by atoms with Crippen LogP contribution in [0.3, 0.4) is 0 Å². The maximum absolute atomic E-state index is 12.2. The molecule has 6 heteroatoms. The predicted molar refractivity (Wildman–Crippen MR) is 107 cm³/mol. The normalized spacial score (nSPS) is 24.4. The largest absolute Gasteiger partial charge is 0.462 e. The van der Waals surface area contributed by atoms with E-state index in [9.17, 15) is 14.4 Å². The van der Waals surface area contributed by atoms with E-state index in [0.717, 1.165) is 25.7 Å². The summed E-state index contributed by atoms with van der Waals surface area (Å²) in [5, 5.41) is 0. The second-order valence-corrected chi connectivity index (χ2v) is 7.63. The summed E-state index contributed by atoms with van der Waals surface area (Å²) < 4.78 is 17.1. The van der Waals surface area contributed by atoms with Crippen molar-refractivity contribution in [2.45, 2.75) is 123 Å². The molecular formula is C22H38O6. The van der Waals surface area contributed by atoms with E-state index in [2.05, 4.69) is 6.92 Å². The first kappa shape index (κ1) is 24.4. The Balaban J connectivity index is 2.95. The van der Waals surface area contributed by atoms with Gasteiger partial charge in [0.15, 0.2) is 0 Å². The SMILES string of the molecule is CCCCCCCC1(OC(=O)CC)CCC(OC(=O)CC)CC1OC(=O)CC. The fourth-order valence-corrected chi connectivity index (χ4v) is 3.69. The van der Waals surface area contributed by atoms with Gasteiger partial charge in [-0.1, -0.05) is 53.4 Å². The molecule has 6 nitrogen and oxygen atoms in total. The van der Waals surface area contributed by atoms with Crippen molar-refractivity contribution in [1.82, 2.24) is 0 Å². The first-order chi connectivity index (χ1) is 13.4. The lowest BCUT2D eigenvalue weighted by Crippen LogP contribution is -2.54. The fourth-order valence-electron chi connectivity index (χ4n) is 3.69. The summed E-state index contributed by atoms with van der Waals surface area (Å²) in [6.45, 7) is 7.43. The molecule has 1 fully saturated rings. The number of unbranched alkanes of at least 4 members (excludes halogenated alkanes) is 4. The zero-order chi connectivity index (χ0) is 21.0. The molecule has 0 aliphatic heterocycles. The number of carbonyl (C=O) groups is 3. The van der Waals surface area contributed by atoms with E-state index in [4.69, 9.17) is 14.2 Å². The maximum atomic E-state index is 12.2. The molecule has 1 saturated carbocycles. The molecule has 0 aromatic heterocycles. The minimum absolute atomic E-state index is 0.254. The van der Waals surface area contributed by atoms with E-state index in [1.807, 2.05) is 0 Å². The molecule has 1 rings (SSSR count). The van der Waals surface area contributed by atoms with Gasteiger partial charge in [0.2, 0.25) is 0 Å². The Kier molecular flexibility index (Phi) is 11.2. The van der Waals surface area contributed by atoms with Gasteiger partial charge in [-0.15, -0.1) is 0 Å². The van der Waals surface area contributed by atoms with Crippen molar-refractivity contribution < 1.29 is 28.6 Å². The average molecular weight is 399 g/mol. The molecular weight excluding hydrogens is 360 g/mol. The molecule has 0 saturated heterocycles. The number of rotatable bonds is 12. The van der Waals surface area contributed by atoms with Crippen LogP contribution in [0, 0.1) is 0 Å². The van der Waals surface area contributed by atoms with Crippen LogP contribution in [0.5, 0.6) is 0 Å². The van der Waals surface area contributed by atoms with Crippen molar-refractivity contribution >= 4 is 17.9 Å². The van der Waals surface area contributed by atoms with Crippen molar-refractivity contribution in [3.63, 3.8) is 0 Å². The van der Waals surface area contributed by atoms with Gasteiger partial charge in [-0.25, -0.2) is 0 Å². The molecule has 3 unspecified atom stereocenters. The summed E-state index contributed by atoms with van der Waals surface area (Å²) in [5.41, 5.74) is -0.820. The minimum atomic E-state index is -0.820. The van der Waals surface area contributed by atoms with Crippen LogP contribution in [0.15, 0.2) is 0 Å². The summed E-state index contributed by atoms with van der Waals surface area (Å²) in [5.74, 6) is -0.867. The molecule has 0 aromatic carbocycles. The molecule has 0 radical (unpaired) electrons. The second-order valence-electron chi connectivity index (χ2n) is 7.63. The van der Waals surface area contributed by atoms with Gasteiger partial charge in [-0.2, -0.15) is 0 Å². The highest BCUT2D eigenvalue weighted by Crippen LogP contribution is 2.40. The van der Waals surface area contributed by atoms with Crippen LogP contribution >= 0.6 is 0 Å². The van der Waals surface area contributed by atoms with Crippen molar-refractivity contribution in [2.75, 3.05) is 0 Å². The molecule has 162 valence electrons. The van der Waals surface area contributed by atoms with Crippen molar-refractivity contribution in [3.8, 4) is 0 Å². The highest BCUT2D eigenvalue weighted by atomic mass is 16.6. The zero-order valence-corrected chi connectivity index (χ0v) is 18.1. The quantitative estimate of drug-likeness (QED) is 0.265. The van der Waals surface area contributed by atoms with Gasteiger partial charge in [0, 0.05) is 25.7 Å². The smallest absolute Gasteiger partial charge is 0.306 e. The van der Waals surface area contributed by atoms with Crippen LogP contribution in [-0.2, 0) is 28.6 Å². The molecule has 0 heterocycles. The Bertz CT molecular complexity index is 503. The van der Waals surface area contributed by atoms with E-state index in [1.54, 1.807) is 20.8 Å². The van der Waals surface area contributed by atoms with Crippen LogP contribution in [0.4, 0.5) is 0 Å². The topological polar surface area (TPSA) is 78.9 Å². The Morgan fingerprint density at radius 2 is 1.43 bits per heavy atom. The molecule has 1 aliphatic carbocycles. The molecule has 3 atom stereocenters. The average Bonchev–Trinajstić information content (AvgIpc) is 2.69. The lowest BCUT2D eigenvalue weighted by Gasteiger charge is -2.44. The van der Waals surface area contributed by atoms with Gasteiger partial charge in [0.25, 0.3) is 0 Å². The monoisotopic (exact) mass is 398 g/mol. The van der Waals surface area contributed by atoms with E-state index in [1.165, 1.54) is 6.42 Å². The standard InChI is InChI=1S/C22H38O6/c1-5-9-10-11-12-14-22(28-21(25)8-4)15-13-17(26-19(23)6-2)16-18(22)27-20(24)7-3/h17-18H,5-16H2,1-4H3. The molecule has 0 spiro atoms. The lowest BCUT2D eigenvalue weighted by molar-refractivity contribution is -0.205. The Morgan fingerprint density at radius 1 is 0.821 bits per heavy atom. The van der Waals surface area contributed by atoms with Crippen LogP contribution in [0.2, 0.25) is 0 Å². The number of hydrogen-bond acceptors (Lipinski definition) is 6. The van der Waals surface area contributed by atoms with Gasteiger partial charge in [0.05, 0.1) is 0 Å². The minimum Gasteiger partial charge on any atom is -0.462 e. The van der Waals surface area contributed by atoms with Crippen LogP contribution in [-0.4, -0.2) is 35.7 Å². The van der Waals surface area contributed by atoms with E-state index in [-0.39, 0.29) is 36.9 Å². The van der Waals surface area contributed by atoms with E-state index in [0.29, 0.717) is 32.1 Å². The third kappa shape index (κ3) is 7.80. The van der Waals surface area contributed by atoms with Crippen molar-refractivity contribution in [3.05, 3.63) is 0 Å². The number of carbonyl (C=O) groups excluding carboxylic acids is 3. The molecule has 0 bridgehead atoms. The summed E-state index contributed by atoms with van der Waals surface area (Å²) in [4.78, 5) is 35.9. The van der Waals surface area contributed by atoms with Gasteiger partial charge in [-0.05, 0) is 25.7 Å². The number of hydrogen-bond donors (Lipinski definition) is 0.